The minimum absolute atomic E-state index is 0.0351. The third kappa shape index (κ3) is 5.09. The number of carbonyl (C=O) groups excluding carboxylic acids is 1. The van der Waals surface area contributed by atoms with Crippen LogP contribution in [0.15, 0.2) is 77.8 Å². The van der Waals surface area contributed by atoms with Gasteiger partial charge in [0.2, 0.25) is 5.91 Å². The number of aromatic nitrogens is 2. The molecule has 6 heteroatoms. The number of nitrogens with zero attached hydrogens (tertiary/aromatic N) is 2. The molecule has 1 heterocycles. The third-order valence-electron chi connectivity index (χ3n) is 5.09. The van der Waals surface area contributed by atoms with Gasteiger partial charge in [-0.1, -0.05) is 60.3 Å². The van der Waals surface area contributed by atoms with Gasteiger partial charge in [0.15, 0.2) is 0 Å². The summed E-state index contributed by atoms with van der Waals surface area (Å²) in [7, 11) is 0. The molecular weight excluding hydrogens is 409 g/mol. The van der Waals surface area contributed by atoms with Crippen molar-refractivity contribution in [3.63, 3.8) is 0 Å². The predicted octanol–water partition coefficient (Wildman–Crippen LogP) is 5.20. The first kappa shape index (κ1) is 21.0. The Kier molecular flexibility index (Phi) is 6.57. The molecule has 0 aliphatic carbocycles. The van der Waals surface area contributed by atoms with Crippen LogP contribution in [-0.4, -0.2) is 28.4 Å². The fraction of sp³-hybridized carbons (Fsp3) is 0.160. The predicted molar refractivity (Wildman–Crippen MR) is 124 cm³/mol. The van der Waals surface area contributed by atoms with Gasteiger partial charge >= 0.3 is 0 Å². The monoisotopic (exact) mass is 431 g/mol. The summed E-state index contributed by atoms with van der Waals surface area (Å²) in [6.45, 7) is 2.67. The highest BCUT2D eigenvalue weighted by atomic mass is 32.2. The highest BCUT2D eigenvalue weighted by Gasteiger charge is 2.13. The third-order valence-corrected chi connectivity index (χ3v) is 6.07. The smallest absolute Gasteiger partial charge is 0.230 e. The van der Waals surface area contributed by atoms with Crippen LogP contribution in [0.5, 0.6) is 0 Å². The van der Waals surface area contributed by atoms with Crippen molar-refractivity contribution in [1.82, 2.24) is 15.5 Å². The molecular formula is C25H22FN3OS. The van der Waals surface area contributed by atoms with Crippen molar-refractivity contribution in [3.8, 4) is 11.3 Å². The van der Waals surface area contributed by atoms with E-state index in [1.165, 1.54) is 35.0 Å². The van der Waals surface area contributed by atoms with E-state index in [4.69, 9.17) is 0 Å². The van der Waals surface area contributed by atoms with Gasteiger partial charge in [-0.3, -0.25) is 4.79 Å². The molecule has 31 heavy (non-hydrogen) atoms. The van der Waals surface area contributed by atoms with E-state index in [1.807, 2.05) is 36.4 Å². The molecule has 156 valence electrons. The maximum atomic E-state index is 13.3. The molecule has 0 aliphatic heterocycles. The van der Waals surface area contributed by atoms with E-state index in [9.17, 15) is 9.18 Å². The molecule has 1 N–H and O–H groups in total. The summed E-state index contributed by atoms with van der Waals surface area (Å²) >= 11 is 1.37. The molecule has 4 nitrogen and oxygen atoms in total. The number of fused-ring (bicyclic) bond motifs is 1. The first-order chi connectivity index (χ1) is 15.1. The van der Waals surface area contributed by atoms with Crippen LogP contribution < -0.4 is 5.32 Å². The summed E-state index contributed by atoms with van der Waals surface area (Å²) < 4.78 is 13.3. The lowest BCUT2D eigenvalue weighted by Gasteiger charge is -2.10. The van der Waals surface area contributed by atoms with Crippen molar-refractivity contribution < 1.29 is 9.18 Å². The Morgan fingerprint density at radius 3 is 2.42 bits per heavy atom. The number of hydrogen-bond donors (Lipinski definition) is 1. The zero-order valence-electron chi connectivity index (χ0n) is 17.1. The van der Waals surface area contributed by atoms with Crippen LogP contribution >= 0.6 is 11.8 Å². The van der Waals surface area contributed by atoms with Crippen molar-refractivity contribution in [2.45, 2.75) is 18.4 Å². The quantitative estimate of drug-likeness (QED) is 0.409. The molecule has 0 saturated heterocycles. The lowest BCUT2D eigenvalue weighted by molar-refractivity contribution is -0.118. The number of hydrogen-bond acceptors (Lipinski definition) is 4. The van der Waals surface area contributed by atoms with E-state index >= 15 is 0 Å². The lowest BCUT2D eigenvalue weighted by Crippen LogP contribution is -2.27. The molecule has 1 aromatic heterocycles. The maximum absolute atomic E-state index is 13.3. The zero-order valence-corrected chi connectivity index (χ0v) is 18.0. The molecule has 0 radical (unpaired) electrons. The molecule has 4 aromatic rings. The highest BCUT2D eigenvalue weighted by Crippen LogP contribution is 2.31. The van der Waals surface area contributed by atoms with Gasteiger partial charge in [-0.2, -0.15) is 0 Å². The van der Waals surface area contributed by atoms with Crippen LogP contribution in [0.3, 0.4) is 0 Å². The van der Waals surface area contributed by atoms with Crippen molar-refractivity contribution in [2.75, 3.05) is 12.3 Å². The fourth-order valence-electron chi connectivity index (χ4n) is 3.42. The molecule has 0 spiro atoms. The summed E-state index contributed by atoms with van der Waals surface area (Å²) in [6, 6.07) is 22.2. The largest absolute Gasteiger partial charge is 0.355 e. The minimum Gasteiger partial charge on any atom is -0.355 e. The van der Waals surface area contributed by atoms with Crippen LogP contribution in [0.25, 0.3) is 22.0 Å². The number of thioether (sulfide) groups is 1. The van der Waals surface area contributed by atoms with Gasteiger partial charge in [-0.05, 0) is 48.7 Å². The van der Waals surface area contributed by atoms with E-state index in [-0.39, 0.29) is 17.5 Å². The molecule has 0 saturated carbocycles. The number of benzene rings is 3. The van der Waals surface area contributed by atoms with Gasteiger partial charge in [0.1, 0.15) is 16.5 Å². The first-order valence-corrected chi connectivity index (χ1v) is 11.1. The number of rotatable bonds is 7. The van der Waals surface area contributed by atoms with Crippen molar-refractivity contribution >= 4 is 28.4 Å². The second-order valence-electron chi connectivity index (χ2n) is 7.22. The van der Waals surface area contributed by atoms with Crippen molar-refractivity contribution in [2.24, 2.45) is 0 Å². The second-order valence-corrected chi connectivity index (χ2v) is 8.19. The number of nitrogens with one attached hydrogen (secondary N) is 1. The summed E-state index contributed by atoms with van der Waals surface area (Å²) in [4.78, 5) is 12.3. The zero-order chi connectivity index (χ0) is 21.6. The van der Waals surface area contributed by atoms with Crippen LogP contribution in [0.4, 0.5) is 4.39 Å². The standard InChI is InChI=1S/C25H22FN3OS/c1-17-6-2-3-7-18(17)14-15-27-23(30)16-31-25-22-9-5-4-8-21(22)24(28-29-25)19-10-12-20(26)13-11-19/h2-13H,14-16H2,1H3,(H,27,30). The lowest BCUT2D eigenvalue weighted by atomic mass is 10.1. The number of aryl methyl sites for hydroxylation is 1. The Hall–Kier alpha value is -3.25. The van der Waals surface area contributed by atoms with Crippen LogP contribution in [0.1, 0.15) is 11.1 Å². The average molecular weight is 432 g/mol. The Bertz CT molecular complexity index is 1210. The van der Waals surface area contributed by atoms with Gasteiger partial charge < -0.3 is 5.32 Å². The first-order valence-electron chi connectivity index (χ1n) is 10.1. The topological polar surface area (TPSA) is 54.9 Å². The molecule has 4 rings (SSSR count). The average Bonchev–Trinajstić information content (AvgIpc) is 2.79. The van der Waals surface area contributed by atoms with Crippen molar-refractivity contribution in [3.05, 3.63) is 89.7 Å². The van der Waals surface area contributed by atoms with E-state index in [0.717, 1.165) is 22.8 Å². The number of carbonyl (C=O) groups is 1. The van der Waals surface area contributed by atoms with Gasteiger partial charge in [-0.15, -0.1) is 10.2 Å². The van der Waals surface area contributed by atoms with Crippen LogP contribution in [-0.2, 0) is 11.2 Å². The summed E-state index contributed by atoms with van der Waals surface area (Å²) in [5.41, 5.74) is 3.97. The molecule has 0 atom stereocenters. The van der Waals surface area contributed by atoms with Gasteiger partial charge in [0.05, 0.1) is 5.75 Å². The number of halogens is 1. The molecule has 3 aromatic carbocycles. The summed E-state index contributed by atoms with van der Waals surface area (Å²) in [5.74, 6) is -0.0591. The van der Waals surface area contributed by atoms with Crippen LogP contribution in [0.2, 0.25) is 0 Å². The SMILES string of the molecule is Cc1ccccc1CCNC(=O)CSc1nnc(-c2ccc(F)cc2)c2ccccc12. The normalized spacial score (nSPS) is 10.9. The maximum Gasteiger partial charge on any atom is 0.230 e. The summed E-state index contributed by atoms with van der Waals surface area (Å²) in [5, 5.41) is 14.3. The Labute approximate surface area is 184 Å². The minimum atomic E-state index is -0.290. The molecule has 0 aliphatic rings. The van der Waals surface area contributed by atoms with Crippen LogP contribution in [0, 0.1) is 12.7 Å². The molecule has 0 fully saturated rings. The highest BCUT2D eigenvalue weighted by molar-refractivity contribution is 8.00. The molecule has 0 unspecified atom stereocenters. The van der Waals surface area contributed by atoms with Crippen molar-refractivity contribution in [1.29, 1.82) is 0 Å². The molecule has 1 amide bonds. The molecule has 0 bridgehead atoms. The van der Waals surface area contributed by atoms with E-state index < -0.39 is 0 Å². The van der Waals surface area contributed by atoms with E-state index in [1.54, 1.807) is 12.1 Å². The Balaban J connectivity index is 1.43. The fourth-order valence-corrected chi connectivity index (χ4v) is 4.22. The van der Waals surface area contributed by atoms with E-state index in [0.29, 0.717) is 17.3 Å². The number of amides is 1. The Morgan fingerprint density at radius 2 is 1.65 bits per heavy atom. The van der Waals surface area contributed by atoms with Gasteiger partial charge in [0, 0.05) is 22.9 Å². The summed E-state index contributed by atoms with van der Waals surface area (Å²) in [6.07, 6.45) is 0.804. The second kappa shape index (κ2) is 9.71. The Morgan fingerprint density at radius 1 is 0.935 bits per heavy atom. The van der Waals surface area contributed by atoms with Gasteiger partial charge in [0.25, 0.3) is 0 Å². The van der Waals surface area contributed by atoms with Gasteiger partial charge in [-0.25, -0.2) is 4.39 Å². The van der Waals surface area contributed by atoms with E-state index in [2.05, 4.69) is 34.6 Å².